The van der Waals surface area contributed by atoms with Gasteiger partial charge in [-0.1, -0.05) is 54.6 Å². The molecule has 5 nitrogen and oxygen atoms in total. The van der Waals surface area contributed by atoms with Crippen LogP contribution in [0.15, 0.2) is 78.9 Å². The molecule has 0 aliphatic heterocycles. The van der Waals surface area contributed by atoms with Crippen molar-refractivity contribution in [3.63, 3.8) is 0 Å². The lowest BCUT2D eigenvalue weighted by Gasteiger charge is -2.15. The maximum Gasteiger partial charge on any atom is 0.326 e. The van der Waals surface area contributed by atoms with E-state index in [4.69, 9.17) is 4.74 Å². The minimum Gasteiger partial charge on any atom is -0.497 e. The Balaban J connectivity index is 1.71. The molecular formula is C23H21NO4. The maximum atomic E-state index is 12.5. The van der Waals surface area contributed by atoms with Crippen molar-refractivity contribution in [2.45, 2.75) is 12.5 Å². The zero-order chi connectivity index (χ0) is 19.9. The third kappa shape index (κ3) is 4.76. The molecule has 0 saturated carbocycles. The van der Waals surface area contributed by atoms with Gasteiger partial charge in [0.2, 0.25) is 0 Å². The second-order valence-electron chi connectivity index (χ2n) is 6.36. The smallest absolute Gasteiger partial charge is 0.326 e. The van der Waals surface area contributed by atoms with Crippen molar-refractivity contribution < 1.29 is 19.4 Å². The number of carboxylic acids is 1. The summed E-state index contributed by atoms with van der Waals surface area (Å²) in [6.45, 7) is 0. The average molecular weight is 375 g/mol. The molecule has 0 aliphatic carbocycles. The number of rotatable bonds is 7. The van der Waals surface area contributed by atoms with Gasteiger partial charge in [-0.15, -0.1) is 0 Å². The van der Waals surface area contributed by atoms with Gasteiger partial charge in [0.1, 0.15) is 11.8 Å². The second kappa shape index (κ2) is 8.86. The molecule has 0 spiro atoms. The number of carboxylic acid groups (broad SMARTS) is 1. The summed E-state index contributed by atoms with van der Waals surface area (Å²) in [5.41, 5.74) is 3.22. The second-order valence-corrected chi connectivity index (χ2v) is 6.36. The number of ether oxygens (including phenoxy) is 1. The van der Waals surface area contributed by atoms with Gasteiger partial charge in [0.25, 0.3) is 5.91 Å². The minimum atomic E-state index is -1.09. The number of carbonyl (C=O) groups excluding carboxylic acids is 1. The van der Waals surface area contributed by atoms with Crippen LogP contribution in [-0.4, -0.2) is 30.1 Å². The Kier molecular flexibility index (Phi) is 6.07. The highest BCUT2D eigenvalue weighted by Gasteiger charge is 2.21. The van der Waals surface area contributed by atoms with E-state index in [1.165, 1.54) is 0 Å². The third-order valence-electron chi connectivity index (χ3n) is 4.43. The number of carbonyl (C=O) groups is 2. The number of aliphatic carboxylic acids is 1. The van der Waals surface area contributed by atoms with Gasteiger partial charge in [0, 0.05) is 12.0 Å². The summed E-state index contributed by atoms with van der Waals surface area (Å²) in [7, 11) is 1.55. The highest BCUT2D eigenvalue weighted by atomic mass is 16.5. The lowest BCUT2D eigenvalue weighted by atomic mass is 10.0. The van der Waals surface area contributed by atoms with Crippen molar-refractivity contribution in [3.8, 4) is 16.9 Å². The Morgan fingerprint density at radius 2 is 1.61 bits per heavy atom. The largest absolute Gasteiger partial charge is 0.497 e. The molecule has 0 aromatic heterocycles. The van der Waals surface area contributed by atoms with Crippen LogP contribution in [0.1, 0.15) is 15.9 Å². The molecule has 3 aromatic carbocycles. The van der Waals surface area contributed by atoms with E-state index >= 15 is 0 Å². The van der Waals surface area contributed by atoms with Gasteiger partial charge < -0.3 is 15.2 Å². The normalized spacial score (nSPS) is 11.5. The predicted octanol–water partition coefficient (Wildman–Crippen LogP) is 3.79. The Morgan fingerprint density at radius 1 is 0.929 bits per heavy atom. The molecule has 28 heavy (non-hydrogen) atoms. The van der Waals surface area contributed by atoms with E-state index in [1.807, 2.05) is 42.5 Å². The fourth-order valence-corrected chi connectivity index (χ4v) is 2.92. The Labute approximate surface area is 163 Å². The molecule has 1 amide bonds. The molecule has 3 aromatic rings. The predicted molar refractivity (Wildman–Crippen MR) is 107 cm³/mol. The molecule has 0 unspecified atom stereocenters. The zero-order valence-corrected chi connectivity index (χ0v) is 15.5. The van der Waals surface area contributed by atoms with E-state index < -0.39 is 17.9 Å². The Morgan fingerprint density at radius 3 is 2.25 bits per heavy atom. The molecular weight excluding hydrogens is 354 g/mol. The van der Waals surface area contributed by atoms with Crippen molar-refractivity contribution in [2.24, 2.45) is 0 Å². The van der Waals surface area contributed by atoms with Crippen LogP contribution < -0.4 is 10.1 Å². The van der Waals surface area contributed by atoms with Crippen molar-refractivity contribution in [3.05, 3.63) is 90.0 Å². The lowest BCUT2D eigenvalue weighted by Crippen LogP contribution is -2.42. The van der Waals surface area contributed by atoms with Crippen molar-refractivity contribution in [1.82, 2.24) is 5.32 Å². The summed E-state index contributed by atoms with van der Waals surface area (Å²) in [4.78, 5) is 24.1. The molecule has 0 heterocycles. The van der Waals surface area contributed by atoms with Crippen LogP contribution in [0.4, 0.5) is 0 Å². The number of hydrogen-bond acceptors (Lipinski definition) is 3. The van der Waals surface area contributed by atoms with E-state index in [9.17, 15) is 14.7 Å². The Hall–Kier alpha value is -3.60. The average Bonchev–Trinajstić information content (AvgIpc) is 2.74. The molecule has 2 N–H and O–H groups in total. The first kappa shape index (κ1) is 19.2. The Bertz CT molecular complexity index is 952. The monoisotopic (exact) mass is 375 g/mol. The fraction of sp³-hybridized carbons (Fsp3) is 0.130. The number of amides is 1. The van der Waals surface area contributed by atoms with Gasteiger partial charge in [0.15, 0.2) is 0 Å². The molecule has 5 heteroatoms. The molecule has 0 aliphatic rings. The van der Waals surface area contributed by atoms with Crippen molar-refractivity contribution >= 4 is 11.9 Å². The first-order chi connectivity index (χ1) is 13.6. The molecule has 0 saturated heterocycles. The highest BCUT2D eigenvalue weighted by Crippen LogP contribution is 2.19. The molecule has 3 rings (SSSR count). The fourth-order valence-electron chi connectivity index (χ4n) is 2.92. The molecule has 142 valence electrons. The van der Waals surface area contributed by atoms with E-state index in [-0.39, 0.29) is 6.42 Å². The van der Waals surface area contributed by atoms with Crippen LogP contribution in [-0.2, 0) is 11.2 Å². The van der Waals surface area contributed by atoms with E-state index in [2.05, 4.69) is 5.32 Å². The van der Waals surface area contributed by atoms with Gasteiger partial charge in [-0.25, -0.2) is 4.79 Å². The lowest BCUT2D eigenvalue weighted by molar-refractivity contribution is -0.139. The van der Waals surface area contributed by atoms with Gasteiger partial charge in [0.05, 0.1) is 7.11 Å². The minimum absolute atomic E-state index is 0.167. The molecule has 0 fully saturated rings. The zero-order valence-electron chi connectivity index (χ0n) is 15.5. The topological polar surface area (TPSA) is 75.6 Å². The van der Waals surface area contributed by atoms with Gasteiger partial charge in [-0.2, -0.15) is 0 Å². The van der Waals surface area contributed by atoms with Crippen LogP contribution in [0.3, 0.4) is 0 Å². The summed E-state index contributed by atoms with van der Waals surface area (Å²) in [6.07, 6.45) is 0.167. The SMILES string of the molecule is COc1cccc(C[C@H](NC(=O)c2ccc(-c3ccccc3)cc2)C(=O)O)c1. The van der Waals surface area contributed by atoms with Crippen LogP contribution >= 0.6 is 0 Å². The summed E-state index contributed by atoms with van der Waals surface area (Å²) < 4.78 is 5.16. The third-order valence-corrected chi connectivity index (χ3v) is 4.43. The highest BCUT2D eigenvalue weighted by molar-refractivity contribution is 5.97. The van der Waals surface area contributed by atoms with E-state index in [1.54, 1.807) is 43.5 Å². The maximum absolute atomic E-state index is 12.5. The summed E-state index contributed by atoms with van der Waals surface area (Å²) in [5.74, 6) is -0.864. The van der Waals surface area contributed by atoms with E-state index in [0.717, 1.165) is 16.7 Å². The van der Waals surface area contributed by atoms with Crippen LogP contribution in [0.5, 0.6) is 5.75 Å². The number of benzene rings is 3. The summed E-state index contributed by atoms with van der Waals surface area (Å²) >= 11 is 0. The molecule has 0 radical (unpaired) electrons. The van der Waals surface area contributed by atoms with Crippen molar-refractivity contribution in [2.75, 3.05) is 7.11 Å². The summed E-state index contributed by atoms with van der Waals surface area (Å²) in [5, 5.41) is 12.1. The molecule has 0 bridgehead atoms. The van der Waals surface area contributed by atoms with Crippen LogP contribution in [0.25, 0.3) is 11.1 Å². The first-order valence-corrected chi connectivity index (χ1v) is 8.89. The van der Waals surface area contributed by atoms with E-state index in [0.29, 0.717) is 11.3 Å². The van der Waals surface area contributed by atoms with Crippen molar-refractivity contribution in [1.29, 1.82) is 0 Å². The number of methoxy groups -OCH3 is 1. The van der Waals surface area contributed by atoms with Crippen LogP contribution in [0.2, 0.25) is 0 Å². The molecule has 1 atom stereocenters. The van der Waals surface area contributed by atoms with Gasteiger partial charge >= 0.3 is 5.97 Å². The first-order valence-electron chi connectivity index (χ1n) is 8.89. The van der Waals surface area contributed by atoms with Crippen LogP contribution in [0, 0.1) is 0 Å². The van der Waals surface area contributed by atoms with Gasteiger partial charge in [-0.3, -0.25) is 4.79 Å². The standard InChI is InChI=1S/C23H21NO4/c1-28-20-9-5-6-16(14-20)15-21(23(26)27)24-22(25)19-12-10-18(11-13-19)17-7-3-2-4-8-17/h2-14,21H,15H2,1H3,(H,24,25)(H,26,27)/t21-/m0/s1. The quantitative estimate of drug-likeness (QED) is 0.659. The summed E-state index contributed by atoms with van der Waals surface area (Å²) in [6, 6.07) is 23.0. The number of nitrogens with one attached hydrogen (secondary N) is 1. The number of hydrogen-bond donors (Lipinski definition) is 2. The van der Waals surface area contributed by atoms with Gasteiger partial charge in [-0.05, 0) is 41.0 Å².